The first-order valence-corrected chi connectivity index (χ1v) is 8.55. The molecule has 0 atom stereocenters. The largest absolute Gasteiger partial charge is 0.459 e. The van der Waals surface area contributed by atoms with E-state index in [-0.39, 0.29) is 17.6 Å². The monoisotopic (exact) mass is 355 g/mol. The first-order chi connectivity index (χ1) is 13.2. The van der Waals surface area contributed by atoms with Gasteiger partial charge in [-0.25, -0.2) is 9.97 Å². The van der Waals surface area contributed by atoms with Crippen LogP contribution in [0.2, 0.25) is 0 Å². The molecule has 0 saturated carbocycles. The maximum Gasteiger partial charge on any atom is 0.293 e. The first-order valence-electron chi connectivity index (χ1n) is 8.55. The molecule has 0 saturated heterocycles. The van der Waals surface area contributed by atoms with Gasteiger partial charge >= 0.3 is 0 Å². The minimum absolute atomic E-state index is 0.209. The number of aryl methyl sites for hydroxylation is 1. The third-order valence-corrected chi connectivity index (χ3v) is 4.11. The summed E-state index contributed by atoms with van der Waals surface area (Å²) in [6.45, 7) is 2.04. The fourth-order valence-corrected chi connectivity index (χ4v) is 2.70. The Bertz CT molecular complexity index is 1060. The number of carbonyl (C=O) groups excluding carboxylic acids is 1. The van der Waals surface area contributed by atoms with E-state index < -0.39 is 0 Å². The summed E-state index contributed by atoms with van der Waals surface area (Å²) in [5.74, 6) is 0.0500. The lowest BCUT2D eigenvalue weighted by atomic mass is 10.1. The lowest BCUT2D eigenvalue weighted by Crippen LogP contribution is -2.14. The number of furan rings is 1. The minimum atomic E-state index is -0.389. The van der Waals surface area contributed by atoms with Crippen LogP contribution in [0.4, 0.5) is 5.95 Å². The van der Waals surface area contributed by atoms with Gasteiger partial charge in [-0.2, -0.15) is 0 Å². The Labute approximate surface area is 156 Å². The molecule has 5 nitrogen and oxygen atoms in total. The molecule has 2 heterocycles. The van der Waals surface area contributed by atoms with Gasteiger partial charge in [0.1, 0.15) is 0 Å². The zero-order valence-electron chi connectivity index (χ0n) is 14.7. The quantitative estimate of drug-likeness (QED) is 0.561. The highest BCUT2D eigenvalue weighted by molar-refractivity contribution is 6.01. The average Bonchev–Trinajstić information content (AvgIpc) is 3.24. The highest BCUT2D eigenvalue weighted by atomic mass is 16.3. The second kappa shape index (κ2) is 7.25. The summed E-state index contributed by atoms with van der Waals surface area (Å²) in [6, 6.07) is 23.0. The van der Waals surface area contributed by atoms with E-state index in [4.69, 9.17) is 4.42 Å². The van der Waals surface area contributed by atoms with Gasteiger partial charge in [0.05, 0.1) is 17.7 Å². The van der Waals surface area contributed by atoms with Crippen molar-refractivity contribution in [1.82, 2.24) is 9.97 Å². The summed E-state index contributed by atoms with van der Waals surface area (Å²) in [6.07, 6.45) is 1.45. The molecule has 2 aromatic carbocycles. The van der Waals surface area contributed by atoms with Crippen molar-refractivity contribution in [2.24, 2.45) is 0 Å². The number of amides is 1. The summed E-state index contributed by atoms with van der Waals surface area (Å²) in [5, 5.41) is 2.72. The highest BCUT2D eigenvalue weighted by Crippen LogP contribution is 2.25. The standard InChI is InChI=1S/C22H17N3O2/c1-15-9-11-17(12-10-15)19-14-18(16-6-3-2-4-7-16)23-22(24-19)25-21(26)20-8-5-13-27-20/h2-14H,1H3,(H,23,24,25,26). The Balaban J connectivity index is 1.76. The molecule has 0 bridgehead atoms. The van der Waals surface area contributed by atoms with Gasteiger partial charge in [-0.3, -0.25) is 10.1 Å². The SMILES string of the molecule is Cc1ccc(-c2cc(-c3ccccc3)nc(NC(=O)c3ccco3)n2)cc1. The Morgan fingerprint density at radius 1 is 0.852 bits per heavy atom. The van der Waals surface area contributed by atoms with Gasteiger partial charge in [0.15, 0.2) is 5.76 Å². The molecular formula is C22H17N3O2. The van der Waals surface area contributed by atoms with Gasteiger partial charge in [-0.15, -0.1) is 0 Å². The van der Waals surface area contributed by atoms with Gasteiger partial charge in [0.25, 0.3) is 5.91 Å². The lowest BCUT2D eigenvalue weighted by Gasteiger charge is -2.09. The van der Waals surface area contributed by atoms with E-state index in [2.05, 4.69) is 15.3 Å². The Morgan fingerprint density at radius 3 is 2.15 bits per heavy atom. The normalized spacial score (nSPS) is 10.6. The maximum absolute atomic E-state index is 12.3. The topological polar surface area (TPSA) is 68.0 Å². The molecule has 1 amide bonds. The number of rotatable bonds is 4. The van der Waals surface area contributed by atoms with Gasteiger partial charge < -0.3 is 4.42 Å². The van der Waals surface area contributed by atoms with Crippen LogP contribution >= 0.6 is 0 Å². The van der Waals surface area contributed by atoms with E-state index in [1.165, 1.54) is 11.8 Å². The molecule has 132 valence electrons. The number of hydrogen-bond donors (Lipinski definition) is 1. The fraction of sp³-hybridized carbons (Fsp3) is 0.0455. The van der Waals surface area contributed by atoms with E-state index in [0.717, 1.165) is 22.5 Å². The Morgan fingerprint density at radius 2 is 1.52 bits per heavy atom. The van der Waals surface area contributed by atoms with Crippen LogP contribution in [0.1, 0.15) is 16.1 Å². The number of nitrogens with one attached hydrogen (secondary N) is 1. The highest BCUT2D eigenvalue weighted by Gasteiger charge is 2.13. The summed E-state index contributed by atoms with van der Waals surface area (Å²) in [4.78, 5) is 21.4. The van der Waals surface area contributed by atoms with E-state index in [0.29, 0.717) is 0 Å². The molecule has 27 heavy (non-hydrogen) atoms. The van der Waals surface area contributed by atoms with Gasteiger partial charge in [-0.1, -0.05) is 60.2 Å². The van der Waals surface area contributed by atoms with E-state index in [9.17, 15) is 4.79 Å². The van der Waals surface area contributed by atoms with E-state index >= 15 is 0 Å². The van der Waals surface area contributed by atoms with Crippen LogP contribution in [0.25, 0.3) is 22.5 Å². The van der Waals surface area contributed by atoms with Gasteiger partial charge in [-0.05, 0) is 25.1 Å². The van der Waals surface area contributed by atoms with Crippen LogP contribution < -0.4 is 5.32 Å². The second-order valence-corrected chi connectivity index (χ2v) is 6.13. The van der Waals surface area contributed by atoms with Gasteiger partial charge in [0, 0.05) is 11.1 Å². The molecule has 0 aliphatic rings. The van der Waals surface area contributed by atoms with Crippen LogP contribution in [0, 0.1) is 6.92 Å². The van der Waals surface area contributed by atoms with Crippen molar-refractivity contribution in [2.45, 2.75) is 6.92 Å². The first kappa shape index (κ1) is 16.7. The molecule has 0 spiro atoms. The number of aromatic nitrogens is 2. The van der Waals surface area contributed by atoms with Crippen molar-refractivity contribution in [1.29, 1.82) is 0 Å². The van der Waals surface area contributed by atoms with Crippen LogP contribution in [0.5, 0.6) is 0 Å². The van der Waals surface area contributed by atoms with Crippen molar-refractivity contribution >= 4 is 11.9 Å². The second-order valence-electron chi connectivity index (χ2n) is 6.13. The number of benzene rings is 2. The summed E-state index contributed by atoms with van der Waals surface area (Å²) < 4.78 is 5.14. The predicted octanol–water partition coefficient (Wildman–Crippen LogP) is 4.96. The molecular weight excluding hydrogens is 338 g/mol. The smallest absolute Gasteiger partial charge is 0.293 e. The predicted molar refractivity (Wildman–Crippen MR) is 104 cm³/mol. The number of hydrogen-bond acceptors (Lipinski definition) is 4. The maximum atomic E-state index is 12.3. The zero-order chi connectivity index (χ0) is 18.6. The minimum Gasteiger partial charge on any atom is -0.459 e. The Hall–Kier alpha value is -3.73. The number of anilines is 1. The third kappa shape index (κ3) is 3.77. The molecule has 0 fully saturated rings. The van der Waals surface area contributed by atoms with Crippen LogP contribution in [0.3, 0.4) is 0 Å². The number of nitrogens with zero attached hydrogens (tertiary/aromatic N) is 2. The van der Waals surface area contributed by atoms with Crippen molar-refractivity contribution in [3.05, 3.63) is 90.4 Å². The van der Waals surface area contributed by atoms with E-state index in [1.54, 1.807) is 12.1 Å². The van der Waals surface area contributed by atoms with Crippen molar-refractivity contribution < 1.29 is 9.21 Å². The molecule has 4 aromatic rings. The summed E-state index contributed by atoms with van der Waals surface area (Å²) >= 11 is 0. The van der Waals surface area contributed by atoms with Crippen LogP contribution in [-0.2, 0) is 0 Å². The molecule has 0 radical (unpaired) electrons. The molecule has 0 aliphatic heterocycles. The summed E-state index contributed by atoms with van der Waals surface area (Å²) in [5.41, 5.74) is 4.53. The van der Waals surface area contributed by atoms with Crippen molar-refractivity contribution in [3.63, 3.8) is 0 Å². The lowest BCUT2D eigenvalue weighted by molar-refractivity contribution is 0.0996. The molecule has 1 N–H and O–H groups in total. The molecule has 2 aromatic heterocycles. The molecule has 0 unspecified atom stereocenters. The molecule has 0 aliphatic carbocycles. The van der Waals surface area contributed by atoms with Crippen molar-refractivity contribution in [2.75, 3.05) is 5.32 Å². The van der Waals surface area contributed by atoms with Crippen molar-refractivity contribution in [3.8, 4) is 22.5 Å². The number of carbonyl (C=O) groups is 1. The Kier molecular flexibility index (Phi) is 4.49. The van der Waals surface area contributed by atoms with Gasteiger partial charge in [0.2, 0.25) is 5.95 Å². The van der Waals surface area contributed by atoms with E-state index in [1.807, 2.05) is 67.6 Å². The average molecular weight is 355 g/mol. The molecule has 4 rings (SSSR count). The third-order valence-electron chi connectivity index (χ3n) is 4.11. The molecule has 5 heteroatoms. The summed E-state index contributed by atoms with van der Waals surface area (Å²) in [7, 11) is 0. The fourth-order valence-electron chi connectivity index (χ4n) is 2.70. The zero-order valence-corrected chi connectivity index (χ0v) is 14.7. The van der Waals surface area contributed by atoms with Crippen LogP contribution in [-0.4, -0.2) is 15.9 Å². The van der Waals surface area contributed by atoms with Crippen LogP contribution in [0.15, 0.2) is 83.5 Å².